The molecule has 0 aromatic carbocycles. The van der Waals surface area contributed by atoms with Crippen LogP contribution in [0.4, 0.5) is 0 Å². The van der Waals surface area contributed by atoms with Gasteiger partial charge in [0.1, 0.15) is 6.04 Å². The molecule has 0 aliphatic carbocycles. The van der Waals surface area contributed by atoms with Crippen LogP contribution in [0.1, 0.15) is 39.7 Å². The van der Waals surface area contributed by atoms with Crippen molar-refractivity contribution >= 4 is 5.91 Å². The molecule has 0 bridgehead atoms. The summed E-state index contributed by atoms with van der Waals surface area (Å²) in [5, 5.41) is 16.7. The van der Waals surface area contributed by atoms with E-state index in [-0.39, 0.29) is 18.5 Å². The third kappa shape index (κ3) is 4.19. The molecule has 1 rings (SSSR count). The molecule has 0 fully saturated rings. The van der Waals surface area contributed by atoms with Crippen molar-refractivity contribution in [3.63, 3.8) is 0 Å². The molecule has 1 amide bonds. The van der Waals surface area contributed by atoms with Gasteiger partial charge >= 0.3 is 0 Å². The lowest BCUT2D eigenvalue weighted by Crippen LogP contribution is -2.42. The van der Waals surface area contributed by atoms with E-state index >= 15 is 0 Å². The summed E-state index contributed by atoms with van der Waals surface area (Å²) in [6, 6.07) is 1.42. The van der Waals surface area contributed by atoms with Gasteiger partial charge in [-0.1, -0.05) is 13.3 Å². The number of amides is 1. The van der Waals surface area contributed by atoms with Crippen LogP contribution in [0, 0.1) is 0 Å². The molecule has 0 aliphatic heterocycles. The molecule has 2 atom stereocenters. The Morgan fingerprint density at radius 1 is 1.65 bits per heavy atom. The number of nitrogens with one attached hydrogen (secondary N) is 1. The van der Waals surface area contributed by atoms with Crippen LogP contribution >= 0.6 is 0 Å². The fourth-order valence-corrected chi connectivity index (χ4v) is 1.68. The van der Waals surface area contributed by atoms with Gasteiger partial charge in [-0.15, -0.1) is 0 Å². The van der Waals surface area contributed by atoms with Crippen LogP contribution in [0.3, 0.4) is 0 Å². The standard InChI is InChI=1S/C12H21N3O2/c1-4-6-12(3,17)9-13-11(16)10(2)15-8-5-7-14-15/h5,7-8,10,17H,4,6,9H2,1-3H3,(H,13,16). The van der Waals surface area contributed by atoms with Gasteiger partial charge in [-0.3, -0.25) is 9.48 Å². The highest BCUT2D eigenvalue weighted by atomic mass is 16.3. The predicted octanol–water partition coefficient (Wildman–Crippen LogP) is 1.11. The first-order valence-corrected chi connectivity index (χ1v) is 5.95. The van der Waals surface area contributed by atoms with E-state index in [4.69, 9.17) is 0 Å². The molecule has 2 N–H and O–H groups in total. The van der Waals surface area contributed by atoms with Crippen molar-refractivity contribution in [1.29, 1.82) is 0 Å². The monoisotopic (exact) mass is 239 g/mol. The number of hydrogen-bond donors (Lipinski definition) is 2. The number of rotatable bonds is 6. The van der Waals surface area contributed by atoms with E-state index in [2.05, 4.69) is 10.4 Å². The summed E-state index contributed by atoms with van der Waals surface area (Å²) in [7, 11) is 0. The minimum Gasteiger partial charge on any atom is -0.388 e. The van der Waals surface area contributed by atoms with E-state index in [1.807, 2.05) is 6.92 Å². The summed E-state index contributed by atoms with van der Waals surface area (Å²) in [5.41, 5.74) is -0.839. The summed E-state index contributed by atoms with van der Waals surface area (Å²) in [5.74, 6) is -0.134. The zero-order valence-electron chi connectivity index (χ0n) is 10.7. The normalized spacial score (nSPS) is 16.2. The van der Waals surface area contributed by atoms with Crippen LogP contribution in [-0.4, -0.2) is 32.9 Å². The quantitative estimate of drug-likeness (QED) is 0.781. The molecule has 96 valence electrons. The lowest BCUT2D eigenvalue weighted by molar-refractivity contribution is -0.125. The van der Waals surface area contributed by atoms with E-state index in [1.165, 1.54) is 0 Å². The van der Waals surface area contributed by atoms with Gasteiger partial charge in [0.25, 0.3) is 0 Å². The maximum atomic E-state index is 11.8. The van der Waals surface area contributed by atoms with E-state index in [1.54, 1.807) is 37.0 Å². The van der Waals surface area contributed by atoms with Crippen molar-refractivity contribution in [2.75, 3.05) is 6.54 Å². The average Bonchev–Trinajstić information content (AvgIpc) is 2.78. The number of hydrogen-bond acceptors (Lipinski definition) is 3. The number of nitrogens with zero attached hydrogens (tertiary/aromatic N) is 2. The zero-order valence-corrected chi connectivity index (χ0v) is 10.7. The highest BCUT2D eigenvalue weighted by Gasteiger charge is 2.22. The Hall–Kier alpha value is -1.36. The van der Waals surface area contributed by atoms with Crippen molar-refractivity contribution < 1.29 is 9.90 Å². The molecule has 17 heavy (non-hydrogen) atoms. The maximum absolute atomic E-state index is 11.8. The Kier molecular flexibility index (Phi) is 4.69. The first-order chi connectivity index (χ1) is 7.96. The van der Waals surface area contributed by atoms with Crippen molar-refractivity contribution in [2.45, 2.75) is 45.3 Å². The second kappa shape index (κ2) is 5.82. The second-order valence-electron chi connectivity index (χ2n) is 4.63. The van der Waals surface area contributed by atoms with Crippen molar-refractivity contribution in [3.8, 4) is 0 Å². The second-order valence-corrected chi connectivity index (χ2v) is 4.63. The zero-order chi connectivity index (χ0) is 12.9. The Balaban J connectivity index is 2.45. The molecule has 0 spiro atoms. The fraction of sp³-hybridized carbons (Fsp3) is 0.667. The van der Waals surface area contributed by atoms with Crippen molar-refractivity contribution in [2.24, 2.45) is 0 Å². The highest BCUT2D eigenvalue weighted by molar-refractivity contribution is 5.79. The van der Waals surface area contributed by atoms with Gasteiger partial charge < -0.3 is 10.4 Å². The van der Waals surface area contributed by atoms with Crippen LogP contribution in [0.2, 0.25) is 0 Å². The molecule has 1 heterocycles. The average molecular weight is 239 g/mol. The van der Waals surface area contributed by atoms with Gasteiger partial charge in [0.2, 0.25) is 5.91 Å². The first kappa shape index (κ1) is 13.7. The summed E-state index contributed by atoms with van der Waals surface area (Å²) < 4.78 is 1.59. The Morgan fingerprint density at radius 2 is 2.35 bits per heavy atom. The van der Waals surface area contributed by atoms with Gasteiger partial charge in [-0.05, 0) is 26.3 Å². The number of carbonyl (C=O) groups is 1. The molecule has 0 aliphatic rings. The smallest absolute Gasteiger partial charge is 0.244 e. The fourth-order valence-electron chi connectivity index (χ4n) is 1.68. The van der Waals surface area contributed by atoms with Crippen LogP contribution in [0.5, 0.6) is 0 Å². The Morgan fingerprint density at radius 3 is 2.88 bits per heavy atom. The van der Waals surface area contributed by atoms with Gasteiger partial charge in [0, 0.05) is 18.9 Å². The molecule has 2 unspecified atom stereocenters. The SMILES string of the molecule is CCCC(C)(O)CNC(=O)C(C)n1cccn1. The summed E-state index contributed by atoms with van der Waals surface area (Å²) in [6.07, 6.45) is 4.94. The number of carbonyl (C=O) groups excluding carboxylic acids is 1. The van der Waals surface area contributed by atoms with Crippen LogP contribution in [-0.2, 0) is 4.79 Å². The maximum Gasteiger partial charge on any atom is 0.244 e. The molecule has 0 saturated carbocycles. The molecule has 0 saturated heterocycles. The van der Waals surface area contributed by atoms with E-state index < -0.39 is 5.60 Å². The van der Waals surface area contributed by atoms with E-state index in [9.17, 15) is 9.90 Å². The third-order valence-electron chi connectivity index (χ3n) is 2.73. The number of aliphatic hydroxyl groups is 1. The predicted molar refractivity (Wildman–Crippen MR) is 65.5 cm³/mol. The molecular formula is C12H21N3O2. The van der Waals surface area contributed by atoms with Crippen molar-refractivity contribution in [3.05, 3.63) is 18.5 Å². The minimum atomic E-state index is -0.839. The summed E-state index contributed by atoms with van der Waals surface area (Å²) in [4.78, 5) is 11.8. The van der Waals surface area contributed by atoms with Crippen LogP contribution < -0.4 is 5.32 Å². The Labute approximate surface area is 102 Å². The lowest BCUT2D eigenvalue weighted by Gasteiger charge is -2.24. The third-order valence-corrected chi connectivity index (χ3v) is 2.73. The molecule has 1 aromatic heterocycles. The van der Waals surface area contributed by atoms with E-state index in [0.717, 1.165) is 6.42 Å². The molecule has 1 aromatic rings. The van der Waals surface area contributed by atoms with Gasteiger partial charge in [-0.25, -0.2) is 0 Å². The van der Waals surface area contributed by atoms with Gasteiger partial charge in [0.05, 0.1) is 5.60 Å². The summed E-state index contributed by atoms with van der Waals surface area (Å²) in [6.45, 7) is 5.78. The largest absolute Gasteiger partial charge is 0.388 e. The minimum absolute atomic E-state index is 0.134. The highest BCUT2D eigenvalue weighted by Crippen LogP contribution is 2.11. The topological polar surface area (TPSA) is 67.2 Å². The first-order valence-electron chi connectivity index (χ1n) is 5.95. The molecule has 5 heteroatoms. The molecule has 0 radical (unpaired) electrons. The Bertz CT molecular complexity index is 347. The van der Waals surface area contributed by atoms with E-state index in [0.29, 0.717) is 6.42 Å². The number of aromatic nitrogens is 2. The van der Waals surface area contributed by atoms with Crippen LogP contribution in [0.15, 0.2) is 18.5 Å². The lowest BCUT2D eigenvalue weighted by atomic mass is 10.0. The van der Waals surface area contributed by atoms with Gasteiger partial charge in [-0.2, -0.15) is 5.10 Å². The van der Waals surface area contributed by atoms with Crippen LogP contribution in [0.25, 0.3) is 0 Å². The van der Waals surface area contributed by atoms with Gasteiger partial charge in [0.15, 0.2) is 0 Å². The molecule has 5 nitrogen and oxygen atoms in total. The summed E-state index contributed by atoms with van der Waals surface area (Å²) >= 11 is 0. The van der Waals surface area contributed by atoms with Crippen molar-refractivity contribution in [1.82, 2.24) is 15.1 Å². The molecular weight excluding hydrogens is 218 g/mol.